The van der Waals surface area contributed by atoms with Crippen LogP contribution in [0.2, 0.25) is 0 Å². The molecule has 2 aromatic heterocycles. The normalized spacial score (nSPS) is 14.0. The summed E-state index contributed by atoms with van der Waals surface area (Å²) in [6, 6.07) is 5.45. The second-order valence-electron chi connectivity index (χ2n) is 5.98. The highest BCUT2D eigenvalue weighted by molar-refractivity contribution is 5.93. The molecule has 3 heterocycles. The maximum Gasteiger partial charge on any atom is 0.409 e. The number of aromatic nitrogens is 3. The van der Waals surface area contributed by atoms with E-state index in [1.165, 1.54) is 6.33 Å². The van der Waals surface area contributed by atoms with Crippen molar-refractivity contribution in [2.45, 2.75) is 13.5 Å². The molecule has 9 heteroatoms. The summed E-state index contributed by atoms with van der Waals surface area (Å²) in [5.41, 5.74) is 1.34. The molecule has 0 unspecified atom stereocenters. The Hall–Kier alpha value is -3.23. The zero-order valence-corrected chi connectivity index (χ0v) is 15.2. The van der Waals surface area contributed by atoms with E-state index in [1.54, 1.807) is 35.2 Å². The van der Waals surface area contributed by atoms with Crippen molar-refractivity contribution < 1.29 is 14.3 Å². The second-order valence-corrected chi connectivity index (χ2v) is 5.98. The monoisotopic (exact) mass is 370 g/mol. The number of hydrogen-bond acceptors (Lipinski definition) is 7. The third-order valence-corrected chi connectivity index (χ3v) is 4.18. The summed E-state index contributed by atoms with van der Waals surface area (Å²) in [5, 5.41) is 3.16. The van der Waals surface area contributed by atoms with Gasteiger partial charge in [0.15, 0.2) is 0 Å². The first-order valence-corrected chi connectivity index (χ1v) is 8.83. The summed E-state index contributed by atoms with van der Waals surface area (Å²) in [6.07, 6.45) is 4.51. The predicted octanol–water partition coefficient (Wildman–Crippen LogP) is 1.40. The van der Waals surface area contributed by atoms with Gasteiger partial charge in [0.05, 0.1) is 6.61 Å². The molecule has 9 nitrogen and oxygen atoms in total. The molecule has 1 saturated heterocycles. The highest BCUT2D eigenvalue weighted by Gasteiger charge is 2.26. The van der Waals surface area contributed by atoms with Gasteiger partial charge in [-0.1, -0.05) is 6.07 Å². The lowest BCUT2D eigenvalue weighted by Gasteiger charge is -2.33. The van der Waals surface area contributed by atoms with E-state index >= 15 is 0 Å². The third-order valence-electron chi connectivity index (χ3n) is 4.18. The first-order valence-electron chi connectivity index (χ1n) is 8.83. The van der Waals surface area contributed by atoms with Crippen molar-refractivity contribution in [3.05, 3.63) is 48.2 Å². The third kappa shape index (κ3) is 4.90. The van der Waals surface area contributed by atoms with Crippen molar-refractivity contribution in [3.8, 4) is 0 Å². The standard InChI is InChI=1S/C18H22N6O3/c1-2-27-18(26)24-8-6-23(7-9-24)17(25)15-10-16(22-13-21-15)20-12-14-4-3-5-19-11-14/h3-5,10-11,13H,2,6-9,12H2,1H3,(H,20,21,22). The van der Waals surface area contributed by atoms with Crippen LogP contribution in [0.25, 0.3) is 0 Å². The molecule has 0 atom stereocenters. The van der Waals surface area contributed by atoms with Gasteiger partial charge in [0.2, 0.25) is 0 Å². The topological polar surface area (TPSA) is 101 Å². The quantitative estimate of drug-likeness (QED) is 0.849. The predicted molar refractivity (Wildman–Crippen MR) is 98.1 cm³/mol. The number of rotatable bonds is 5. The Morgan fingerprint density at radius 1 is 1.19 bits per heavy atom. The Labute approximate surface area is 157 Å². The molecule has 1 aliphatic heterocycles. The minimum Gasteiger partial charge on any atom is -0.450 e. The van der Waals surface area contributed by atoms with Gasteiger partial charge in [-0.3, -0.25) is 9.78 Å². The lowest BCUT2D eigenvalue weighted by molar-refractivity contribution is 0.0566. The van der Waals surface area contributed by atoms with Gasteiger partial charge in [-0.15, -0.1) is 0 Å². The molecule has 0 aromatic carbocycles. The van der Waals surface area contributed by atoms with Crippen LogP contribution in [0.1, 0.15) is 23.0 Å². The van der Waals surface area contributed by atoms with Gasteiger partial charge < -0.3 is 19.9 Å². The molecule has 1 aliphatic rings. The Morgan fingerprint density at radius 2 is 1.96 bits per heavy atom. The molecule has 2 aromatic rings. The molecule has 2 amide bonds. The summed E-state index contributed by atoms with van der Waals surface area (Å²) in [7, 11) is 0. The Bertz CT molecular complexity index is 778. The molecule has 142 valence electrons. The number of amides is 2. The first kappa shape index (κ1) is 18.6. The van der Waals surface area contributed by atoms with Gasteiger partial charge in [0.1, 0.15) is 17.8 Å². The number of pyridine rings is 1. The maximum atomic E-state index is 12.7. The first-order chi connectivity index (χ1) is 13.2. The molecule has 0 saturated carbocycles. The average Bonchev–Trinajstić information content (AvgIpc) is 2.73. The second kappa shape index (κ2) is 8.93. The van der Waals surface area contributed by atoms with E-state index in [-0.39, 0.29) is 12.0 Å². The number of piperazine rings is 1. The SMILES string of the molecule is CCOC(=O)N1CCN(C(=O)c2cc(NCc3cccnc3)ncn2)CC1. The summed E-state index contributed by atoms with van der Waals surface area (Å²) in [4.78, 5) is 40.0. The number of hydrogen-bond donors (Lipinski definition) is 1. The van der Waals surface area contributed by atoms with Gasteiger partial charge in [-0.25, -0.2) is 14.8 Å². The van der Waals surface area contributed by atoms with Crippen LogP contribution in [-0.2, 0) is 11.3 Å². The molecule has 0 bridgehead atoms. The van der Waals surface area contributed by atoms with Crippen LogP contribution in [0, 0.1) is 0 Å². The maximum absolute atomic E-state index is 12.7. The summed E-state index contributed by atoms with van der Waals surface area (Å²) >= 11 is 0. The minimum absolute atomic E-state index is 0.176. The van der Waals surface area contributed by atoms with Crippen LogP contribution >= 0.6 is 0 Å². The molecular formula is C18H22N6O3. The van der Waals surface area contributed by atoms with Gasteiger partial charge >= 0.3 is 6.09 Å². The number of carbonyl (C=O) groups is 2. The fourth-order valence-corrected chi connectivity index (χ4v) is 2.74. The van der Waals surface area contributed by atoms with Crippen molar-refractivity contribution in [1.82, 2.24) is 24.8 Å². The summed E-state index contributed by atoms with van der Waals surface area (Å²) in [5.74, 6) is 0.396. The number of anilines is 1. The van der Waals surface area contributed by atoms with Crippen molar-refractivity contribution >= 4 is 17.8 Å². The fraction of sp³-hybridized carbons (Fsp3) is 0.389. The van der Waals surface area contributed by atoms with Gasteiger partial charge in [-0.2, -0.15) is 0 Å². The Morgan fingerprint density at radius 3 is 2.67 bits per heavy atom. The van der Waals surface area contributed by atoms with Crippen molar-refractivity contribution in [1.29, 1.82) is 0 Å². The van der Waals surface area contributed by atoms with Crippen molar-refractivity contribution in [2.24, 2.45) is 0 Å². The van der Waals surface area contributed by atoms with Crippen LogP contribution < -0.4 is 5.32 Å². The van der Waals surface area contributed by atoms with Crippen LogP contribution in [0.15, 0.2) is 36.9 Å². The molecule has 27 heavy (non-hydrogen) atoms. The zero-order valence-electron chi connectivity index (χ0n) is 15.2. The van der Waals surface area contributed by atoms with Gasteiger partial charge in [0, 0.05) is 51.2 Å². The Balaban J connectivity index is 1.57. The smallest absolute Gasteiger partial charge is 0.409 e. The van der Waals surface area contributed by atoms with E-state index in [1.807, 2.05) is 12.1 Å². The van der Waals surface area contributed by atoms with E-state index in [2.05, 4.69) is 20.3 Å². The van der Waals surface area contributed by atoms with E-state index < -0.39 is 0 Å². The molecule has 3 rings (SSSR count). The largest absolute Gasteiger partial charge is 0.450 e. The number of carbonyl (C=O) groups excluding carboxylic acids is 2. The number of ether oxygens (including phenoxy) is 1. The van der Waals surface area contributed by atoms with Crippen molar-refractivity contribution in [3.63, 3.8) is 0 Å². The van der Waals surface area contributed by atoms with Gasteiger partial charge in [0.25, 0.3) is 5.91 Å². The number of nitrogens with one attached hydrogen (secondary N) is 1. The van der Waals surface area contributed by atoms with E-state index in [4.69, 9.17) is 4.74 Å². The molecular weight excluding hydrogens is 348 g/mol. The fourth-order valence-electron chi connectivity index (χ4n) is 2.74. The highest BCUT2D eigenvalue weighted by atomic mass is 16.6. The molecule has 1 N–H and O–H groups in total. The molecule has 0 radical (unpaired) electrons. The van der Waals surface area contributed by atoms with E-state index in [9.17, 15) is 9.59 Å². The van der Waals surface area contributed by atoms with Crippen molar-refractivity contribution in [2.75, 3.05) is 38.1 Å². The summed E-state index contributed by atoms with van der Waals surface area (Å²) in [6.45, 7) is 4.45. The van der Waals surface area contributed by atoms with E-state index in [0.29, 0.717) is 50.8 Å². The number of nitrogens with zero attached hydrogens (tertiary/aromatic N) is 5. The molecule has 1 fully saturated rings. The average molecular weight is 370 g/mol. The zero-order chi connectivity index (χ0) is 19.1. The lowest BCUT2D eigenvalue weighted by atomic mass is 10.2. The highest BCUT2D eigenvalue weighted by Crippen LogP contribution is 2.11. The van der Waals surface area contributed by atoms with Gasteiger partial charge in [-0.05, 0) is 18.6 Å². The van der Waals surface area contributed by atoms with Crippen LogP contribution in [0.3, 0.4) is 0 Å². The van der Waals surface area contributed by atoms with Crippen LogP contribution in [-0.4, -0.2) is 69.5 Å². The van der Waals surface area contributed by atoms with Crippen LogP contribution in [0.5, 0.6) is 0 Å². The molecule has 0 spiro atoms. The molecule has 0 aliphatic carbocycles. The Kier molecular flexibility index (Phi) is 6.14. The van der Waals surface area contributed by atoms with E-state index in [0.717, 1.165) is 5.56 Å². The minimum atomic E-state index is -0.339. The summed E-state index contributed by atoms with van der Waals surface area (Å²) < 4.78 is 4.99. The lowest BCUT2D eigenvalue weighted by Crippen LogP contribution is -2.50. The van der Waals surface area contributed by atoms with Crippen LogP contribution in [0.4, 0.5) is 10.6 Å².